The standard InChI is InChI=1S/C19H19ClN4O/c20-14-9-16(17-11-22-24-18(17)10-14)19(25)23-15-3-1-12(2-4-15)13-5-7-21-8-6-13/h1-4,9-11,13,21H,5-8H2,(H,22,24)(H,23,25). The first-order chi connectivity index (χ1) is 12.2. The molecule has 1 aliphatic heterocycles. The maximum atomic E-state index is 12.6. The first-order valence-corrected chi connectivity index (χ1v) is 8.83. The van der Waals surface area contributed by atoms with Crippen LogP contribution in [0.25, 0.3) is 10.9 Å². The lowest BCUT2D eigenvalue weighted by Gasteiger charge is -2.23. The molecule has 0 radical (unpaired) electrons. The minimum atomic E-state index is -0.191. The molecule has 0 spiro atoms. The number of piperidine rings is 1. The third-order valence-electron chi connectivity index (χ3n) is 4.75. The van der Waals surface area contributed by atoms with Gasteiger partial charge >= 0.3 is 0 Å². The summed E-state index contributed by atoms with van der Waals surface area (Å²) in [6, 6.07) is 11.6. The van der Waals surface area contributed by atoms with E-state index in [0.717, 1.165) is 42.5 Å². The molecule has 0 saturated carbocycles. The molecule has 5 nitrogen and oxygen atoms in total. The van der Waals surface area contributed by atoms with Gasteiger partial charge in [-0.3, -0.25) is 9.89 Å². The van der Waals surface area contributed by atoms with E-state index < -0.39 is 0 Å². The van der Waals surface area contributed by atoms with Crippen LogP contribution in [0.3, 0.4) is 0 Å². The fraction of sp³-hybridized carbons (Fsp3) is 0.263. The van der Waals surface area contributed by atoms with Crippen molar-refractivity contribution < 1.29 is 4.79 Å². The topological polar surface area (TPSA) is 69.8 Å². The summed E-state index contributed by atoms with van der Waals surface area (Å²) in [6.45, 7) is 2.14. The number of anilines is 1. The molecule has 1 amide bonds. The van der Waals surface area contributed by atoms with Crippen molar-refractivity contribution in [3.05, 3.63) is 58.7 Å². The molecule has 2 aromatic carbocycles. The SMILES string of the molecule is O=C(Nc1ccc(C2CCNCC2)cc1)c1cc(Cl)cc2[nH]ncc12. The molecule has 0 unspecified atom stereocenters. The van der Waals surface area contributed by atoms with Gasteiger partial charge in [-0.15, -0.1) is 0 Å². The monoisotopic (exact) mass is 354 g/mol. The van der Waals surface area contributed by atoms with E-state index in [1.807, 2.05) is 12.1 Å². The van der Waals surface area contributed by atoms with Crippen LogP contribution in [0.5, 0.6) is 0 Å². The Morgan fingerprint density at radius 2 is 1.92 bits per heavy atom. The third kappa shape index (κ3) is 3.38. The molecule has 1 saturated heterocycles. The molecule has 4 rings (SSSR count). The minimum Gasteiger partial charge on any atom is -0.322 e. The smallest absolute Gasteiger partial charge is 0.256 e. The van der Waals surface area contributed by atoms with Crippen LogP contribution in [0, 0.1) is 0 Å². The molecule has 1 aromatic heterocycles. The summed E-state index contributed by atoms with van der Waals surface area (Å²) in [5.41, 5.74) is 3.37. The second kappa shape index (κ2) is 6.86. The Hall–Kier alpha value is -2.37. The van der Waals surface area contributed by atoms with Crippen molar-refractivity contribution in [2.24, 2.45) is 0 Å². The Morgan fingerprint density at radius 1 is 1.16 bits per heavy atom. The normalized spacial score (nSPS) is 15.4. The van der Waals surface area contributed by atoms with Crippen LogP contribution in [0.15, 0.2) is 42.6 Å². The number of nitrogens with zero attached hydrogens (tertiary/aromatic N) is 1. The van der Waals surface area contributed by atoms with Crippen molar-refractivity contribution in [2.75, 3.05) is 18.4 Å². The van der Waals surface area contributed by atoms with E-state index in [1.165, 1.54) is 5.56 Å². The highest BCUT2D eigenvalue weighted by Gasteiger charge is 2.16. The van der Waals surface area contributed by atoms with Gasteiger partial charge in [0.15, 0.2) is 0 Å². The molecule has 6 heteroatoms. The van der Waals surface area contributed by atoms with E-state index >= 15 is 0 Å². The van der Waals surface area contributed by atoms with E-state index in [2.05, 4.69) is 33.0 Å². The highest BCUT2D eigenvalue weighted by Crippen LogP contribution is 2.27. The zero-order chi connectivity index (χ0) is 17.2. The number of aromatic nitrogens is 2. The molecule has 3 aromatic rings. The average Bonchev–Trinajstić information content (AvgIpc) is 3.10. The van der Waals surface area contributed by atoms with Crippen molar-refractivity contribution >= 4 is 34.1 Å². The second-order valence-electron chi connectivity index (χ2n) is 6.38. The number of benzene rings is 2. The van der Waals surface area contributed by atoms with Crippen LogP contribution in [0.1, 0.15) is 34.7 Å². The lowest BCUT2D eigenvalue weighted by Crippen LogP contribution is -2.26. The Balaban J connectivity index is 1.53. The molecule has 3 N–H and O–H groups in total. The Morgan fingerprint density at radius 3 is 2.68 bits per heavy atom. The van der Waals surface area contributed by atoms with E-state index in [1.54, 1.807) is 18.3 Å². The van der Waals surface area contributed by atoms with Crippen LogP contribution in [-0.2, 0) is 0 Å². The maximum absolute atomic E-state index is 12.6. The lowest BCUT2D eigenvalue weighted by atomic mass is 9.90. The number of hydrogen-bond donors (Lipinski definition) is 3. The summed E-state index contributed by atoms with van der Waals surface area (Å²) < 4.78 is 0. The molecule has 2 heterocycles. The first kappa shape index (κ1) is 16.1. The number of carbonyl (C=O) groups is 1. The van der Waals surface area contributed by atoms with Gasteiger partial charge in [0.1, 0.15) is 0 Å². The number of rotatable bonds is 3. The first-order valence-electron chi connectivity index (χ1n) is 8.45. The number of nitrogens with one attached hydrogen (secondary N) is 3. The van der Waals surface area contributed by atoms with Gasteiger partial charge in [0.05, 0.1) is 17.3 Å². The van der Waals surface area contributed by atoms with Crippen LogP contribution < -0.4 is 10.6 Å². The van der Waals surface area contributed by atoms with Crippen molar-refractivity contribution in [1.82, 2.24) is 15.5 Å². The number of aromatic amines is 1. The van der Waals surface area contributed by atoms with Crippen LogP contribution in [-0.4, -0.2) is 29.2 Å². The van der Waals surface area contributed by atoms with Gasteiger partial charge in [-0.2, -0.15) is 5.10 Å². The molecule has 1 aliphatic rings. The molecular weight excluding hydrogens is 336 g/mol. The summed E-state index contributed by atoms with van der Waals surface area (Å²) >= 11 is 6.10. The second-order valence-corrected chi connectivity index (χ2v) is 6.82. The third-order valence-corrected chi connectivity index (χ3v) is 4.97. The molecule has 128 valence electrons. The van der Waals surface area contributed by atoms with Gasteiger partial charge in [-0.1, -0.05) is 23.7 Å². The summed E-state index contributed by atoms with van der Waals surface area (Å²) in [5, 5.41) is 14.4. The van der Waals surface area contributed by atoms with Crippen molar-refractivity contribution in [1.29, 1.82) is 0 Å². The van der Waals surface area contributed by atoms with Crippen molar-refractivity contribution in [3.8, 4) is 0 Å². The van der Waals surface area contributed by atoms with Gasteiger partial charge in [-0.25, -0.2) is 0 Å². The fourth-order valence-corrected chi connectivity index (χ4v) is 3.61. The van der Waals surface area contributed by atoms with Crippen molar-refractivity contribution in [3.63, 3.8) is 0 Å². The highest BCUT2D eigenvalue weighted by atomic mass is 35.5. The molecule has 0 atom stereocenters. The zero-order valence-electron chi connectivity index (χ0n) is 13.7. The highest BCUT2D eigenvalue weighted by molar-refractivity contribution is 6.32. The molecule has 0 aliphatic carbocycles. The quantitative estimate of drug-likeness (QED) is 0.667. The predicted octanol–water partition coefficient (Wildman–Crippen LogP) is 3.94. The largest absolute Gasteiger partial charge is 0.322 e. The van der Waals surface area contributed by atoms with Crippen LogP contribution in [0.4, 0.5) is 5.69 Å². The summed E-state index contributed by atoms with van der Waals surface area (Å²) in [7, 11) is 0. The average molecular weight is 355 g/mol. The fourth-order valence-electron chi connectivity index (χ4n) is 3.40. The number of fused-ring (bicyclic) bond motifs is 1. The number of amides is 1. The number of halogens is 1. The van der Waals surface area contributed by atoms with Gasteiger partial charge in [0.25, 0.3) is 5.91 Å². The summed E-state index contributed by atoms with van der Waals surface area (Å²) in [4.78, 5) is 12.6. The van der Waals surface area contributed by atoms with Crippen molar-refractivity contribution in [2.45, 2.75) is 18.8 Å². The summed E-state index contributed by atoms with van der Waals surface area (Å²) in [6.07, 6.45) is 3.96. The molecule has 0 bridgehead atoms. The molecule has 1 fully saturated rings. The molecule has 25 heavy (non-hydrogen) atoms. The molecular formula is C19H19ClN4O. The predicted molar refractivity (Wildman–Crippen MR) is 100 cm³/mol. The van der Waals surface area contributed by atoms with E-state index in [0.29, 0.717) is 16.5 Å². The van der Waals surface area contributed by atoms with Gasteiger partial charge in [0.2, 0.25) is 0 Å². The van der Waals surface area contributed by atoms with Crippen LogP contribution >= 0.6 is 11.6 Å². The number of hydrogen-bond acceptors (Lipinski definition) is 3. The van der Waals surface area contributed by atoms with E-state index in [-0.39, 0.29) is 5.91 Å². The Labute approximate surface area is 150 Å². The van der Waals surface area contributed by atoms with Crippen LogP contribution in [0.2, 0.25) is 5.02 Å². The lowest BCUT2D eigenvalue weighted by molar-refractivity contribution is 0.102. The number of carbonyl (C=O) groups excluding carboxylic acids is 1. The van der Waals surface area contributed by atoms with E-state index in [9.17, 15) is 4.79 Å². The van der Waals surface area contributed by atoms with E-state index in [4.69, 9.17) is 11.6 Å². The van der Waals surface area contributed by atoms with Gasteiger partial charge in [-0.05, 0) is 61.7 Å². The summed E-state index contributed by atoms with van der Waals surface area (Å²) in [5.74, 6) is 0.410. The number of H-pyrrole nitrogens is 1. The Kier molecular flexibility index (Phi) is 4.42. The minimum absolute atomic E-state index is 0.191. The van der Waals surface area contributed by atoms with Gasteiger partial charge in [0, 0.05) is 16.1 Å². The van der Waals surface area contributed by atoms with Gasteiger partial charge < -0.3 is 10.6 Å². The zero-order valence-corrected chi connectivity index (χ0v) is 14.4. The Bertz CT molecular complexity index is 897. The maximum Gasteiger partial charge on any atom is 0.256 e.